The van der Waals surface area contributed by atoms with Crippen LogP contribution in [0.1, 0.15) is 17.2 Å². The number of carbonyl (C=O) groups excluding carboxylic acids is 2. The average molecular weight is 433 g/mol. The van der Waals surface area contributed by atoms with Gasteiger partial charge in [-0.2, -0.15) is 0 Å². The first kappa shape index (κ1) is 20.7. The zero-order valence-corrected chi connectivity index (χ0v) is 17.9. The van der Waals surface area contributed by atoms with Gasteiger partial charge >= 0.3 is 0 Å². The molecular weight excluding hydrogens is 412 g/mol. The molecule has 0 saturated carbocycles. The number of ketones is 1. The van der Waals surface area contributed by atoms with Gasteiger partial charge in [-0.05, 0) is 54.1 Å². The fraction of sp³-hybridized carbons (Fsp3) is 0.120. The van der Waals surface area contributed by atoms with Crippen molar-refractivity contribution >= 4 is 40.4 Å². The van der Waals surface area contributed by atoms with Gasteiger partial charge in [-0.25, -0.2) is 0 Å². The van der Waals surface area contributed by atoms with E-state index in [9.17, 15) is 14.7 Å². The quantitative estimate of drug-likeness (QED) is 0.357. The van der Waals surface area contributed by atoms with Gasteiger partial charge in [0.15, 0.2) is 0 Å². The SMILES string of the molecule is CN(C)c1ccc(N2C(=O)C(=O)C(=C(O)c3ccc(Cl)cc3)[C@@H]2c2ccccc2)cc1. The molecule has 4 rings (SSSR count). The Morgan fingerprint density at radius 1 is 0.903 bits per heavy atom. The molecule has 0 unspecified atom stereocenters. The van der Waals surface area contributed by atoms with E-state index in [1.165, 1.54) is 4.90 Å². The lowest BCUT2D eigenvalue weighted by Crippen LogP contribution is -2.29. The molecule has 1 aliphatic heterocycles. The normalized spacial score (nSPS) is 17.8. The molecule has 6 heteroatoms. The third kappa shape index (κ3) is 3.80. The summed E-state index contributed by atoms with van der Waals surface area (Å²) in [6, 6.07) is 22.4. The van der Waals surface area contributed by atoms with E-state index >= 15 is 0 Å². The molecule has 1 aliphatic rings. The Hall–Kier alpha value is -3.57. The summed E-state index contributed by atoms with van der Waals surface area (Å²) in [5.41, 5.74) is 2.75. The average Bonchev–Trinajstić information content (AvgIpc) is 3.05. The molecule has 1 saturated heterocycles. The van der Waals surface area contributed by atoms with Crippen molar-refractivity contribution in [2.24, 2.45) is 0 Å². The highest BCUT2D eigenvalue weighted by Gasteiger charge is 2.46. The molecule has 1 fully saturated rings. The maximum absolute atomic E-state index is 13.1. The molecule has 31 heavy (non-hydrogen) atoms. The Balaban J connectivity index is 1.89. The van der Waals surface area contributed by atoms with Crippen molar-refractivity contribution in [1.82, 2.24) is 0 Å². The molecule has 3 aromatic carbocycles. The zero-order valence-electron chi connectivity index (χ0n) is 17.1. The number of halogens is 1. The minimum atomic E-state index is -0.748. The number of aliphatic hydroxyl groups is 1. The second kappa shape index (κ2) is 8.28. The minimum absolute atomic E-state index is 0.0511. The van der Waals surface area contributed by atoms with Gasteiger partial charge in [-0.1, -0.05) is 41.9 Å². The molecule has 1 amide bonds. The number of hydrogen-bond acceptors (Lipinski definition) is 4. The van der Waals surface area contributed by atoms with Crippen LogP contribution in [0.25, 0.3) is 5.76 Å². The van der Waals surface area contributed by atoms with Crippen molar-refractivity contribution in [2.75, 3.05) is 23.9 Å². The van der Waals surface area contributed by atoms with Gasteiger partial charge in [-0.15, -0.1) is 0 Å². The van der Waals surface area contributed by atoms with Crippen LogP contribution in [0.5, 0.6) is 0 Å². The van der Waals surface area contributed by atoms with E-state index in [-0.39, 0.29) is 11.3 Å². The summed E-state index contributed by atoms with van der Waals surface area (Å²) in [4.78, 5) is 29.6. The van der Waals surface area contributed by atoms with E-state index in [2.05, 4.69) is 0 Å². The zero-order chi connectivity index (χ0) is 22.1. The van der Waals surface area contributed by atoms with Crippen LogP contribution in [-0.4, -0.2) is 30.9 Å². The maximum atomic E-state index is 13.1. The first-order chi connectivity index (χ1) is 14.9. The number of aliphatic hydroxyl groups excluding tert-OH is 1. The van der Waals surface area contributed by atoms with E-state index in [1.54, 1.807) is 36.4 Å². The molecule has 0 spiro atoms. The lowest BCUT2D eigenvalue weighted by atomic mass is 9.95. The summed E-state index contributed by atoms with van der Waals surface area (Å²) in [7, 11) is 3.86. The number of Topliss-reactive ketones (excluding diaryl/α,β-unsaturated/α-hetero) is 1. The molecule has 5 nitrogen and oxygen atoms in total. The van der Waals surface area contributed by atoms with Crippen molar-refractivity contribution in [2.45, 2.75) is 6.04 Å². The van der Waals surface area contributed by atoms with Gasteiger partial charge < -0.3 is 10.0 Å². The standard InChI is InChI=1S/C25H21ClN2O3/c1-27(2)19-12-14-20(15-13-19)28-22(16-6-4-3-5-7-16)21(24(30)25(28)31)23(29)17-8-10-18(26)11-9-17/h3-15,22,29H,1-2H3/t22-/m0/s1. The molecule has 0 aliphatic carbocycles. The van der Waals surface area contributed by atoms with Gasteiger partial charge in [0.2, 0.25) is 0 Å². The topological polar surface area (TPSA) is 60.9 Å². The number of benzene rings is 3. The molecular formula is C25H21ClN2O3. The lowest BCUT2D eigenvalue weighted by Gasteiger charge is -2.26. The molecule has 0 radical (unpaired) electrons. The van der Waals surface area contributed by atoms with Gasteiger partial charge in [0.05, 0.1) is 11.6 Å². The van der Waals surface area contributed by atoms with Crippen LogP contribution in [0, 0.1) is 0 Å². The van der Waals surface area contributed by atoms with Gasteiger partial charge in [0, 0.05) is 36.1 Å². The first-order valence-electron chi connectivity index (χ1n) is 9.78. The smallest absolute Gasteiger partial charge is 0.300 e. The number of carbonyl (C=O) groups is 2. The van der Waals surface area contributed by atoms with Crippen molar-refractivity contribution in [3.05, 3.63) is 101 Å². The third-order valence-electron chi connectivity index (χ3n) is 5.32. The summed E-state index contributed by atoms with van der Waals surface area (Å²) in [5, 5.41) is 11.6. The van der Waals surface area contributed by atoms with Crippen LogP contribution < -0.4 is 9.80 Å². The third-order valence-corrected chi connectivity index (χ3v) is 5.57. The molecule has 0 aromatic heterocycles. The Labute approximate surface area is 185 Å². The van der Waals surface area contributed by atoms with E-state index in [0.717, 1.165) is 11.3 Å². The summed E-state index contributed by atoms with van der Waals surface area (Å²) < 4.78 is 0. The van der Waals surface area contributed by atoms with Crippen LogP contribution >= 0.6 is 11.6 Å². The van der Waals surface area contributed by atoms with E-state index in [4.69, 9.17) is 11.6 Å². The monoisotopic (exact) mass is 432 g/mol. The predicted molar refractivity (Wildman–Crippen MR) is 123 cm³/mol. The second-order valence-corrected chi connectivity index (χ2v) is 7.93. The van der Waals surface area contributed by atoms with E-state index in [1.807, 2.05) is 61.5 Å². The summed E-state index contributed by atoms with van der Waals surface area (Å²) in [6.07, 6.45) is 0. The summed E-state index contributed by atoms with van der Waals surface area (Å²) >= 11 is 5.96. The Morgan fingerprint density at radius 3 is 2.10 bits per heavy atom. The first-order valence-corrected chi connectivity index (χ1v) is 10.2. The molecule has 1 N–H and O–H groups in total. The fourth-order valence-corrected chi connectivity index (χ4v) is 3.85. The van der Waals surface area contributed by atoms with Crippen molar-refractivity contribution in [3.8, 4) is 0 Å². The molecule has 1 atom stereocenters. The fourth-order valence-electron chi connectivity index (χ4n) is 3.72. The van der Waals surface area contributed by atoms with E-state index < -0.39 is 17.7 Å². The Kier molecular flexibility index (Phi) is 5.53. The van der Waals surface area contributed by atoms with Crippen molar-refractivity contribution in [3.63, 3.8) is 0 Å². The highest BCUT2D eigenvalue weighted by molar-refractivity contribution is 6.51. The summed E-state index contributed by atoms with van der Waals surface area (Å²) in [5.74, 6) is -1.63. The second-order valence-electron chi connectivity index (χ2n) is 7.50. The molecule has 0 bridgehead atoms. The maximum Gasteiger partial charge on any atom is 0.300 e. The number of rotatable bonds is 4. The Morgan fingerprint density at radius 2 is 1.52 bits per heavy atom. The molecule has 156 valence electrons. The van der Waals surface area contributed by atoms with Crippen molar-refractivity contribution < 1.29 is 14.7 Å². The molecule has 1 heterocycles. The van der Waals surface area contributed by atoms with Gasteiger partial charge in [0.1, 0.15) is 5.76 Å². The number of anilines is 2. The van der Waals surface area contributed by atoms with Crippen LogP contribution in [-0.2, 0) is 9.59 Å². The largest absolute Gasteiger partial charge is 0.507 e. The highest BCUT2D eigenvalue weighted by atomic mass is 35.5. The van der Waals surface area contributed by atoms with Crippen LogP contribution in [0.15, 0.2) is 84.4 Å². The van der Waals surface area contributed by atoms with Crippen LogP contribution in [0.4, 0.5) is 11.4 Å². The van der Waals surface area contributed by atoms with Gasteiger partial charge in [-0.3, -0.25) is 14.5 Å². The van der Waals surface area contributed by atoms with Crippen LogP contribution in [0.2, 0.25) is 5.02 Å². The van der Waals surface area contributed by atoms with Gasteiger partial charge in [0.25, 0.3) is 11.7 Å². The van der Waals surface area contributed by atoms with Crippen LogP contribution in [0.3, 0.4) is 0 Å². The Bertz CT molecular complexity index is 1150. The number of amides is 1. The van der Waals surface area contributed by atoms with E-state index in [0.29, 0.717) is 16.3 Å². The predicted octanol–water partition coefficient (Wildman–Crippen LogP) is 5.03. The molecule has 3 aromatic rings. The number of hydrogen-bond donors (Lipinski definition) is 1. The summed E-state index contributed by atoms with van der Waals surface area (Å²) in [6.45, 7) is 0. The highest BCUT2D eigenvalue weighted by Crippen LogP contribution is 2.42. The number of nitrogens with zero attached hydrogens (tertiary/aromatic N) is 2. The lowest BCUT2D eigenvalue weighted by molar-refractivity contribution is -0.132. The van der Waals surface area contributed by atoms with Crippen molar-refractivity contribution in [1.29, 1.82) is 0 Å². The minimum Gasteiger partial charge on any atom is -0.507 e.